The predicted molar refractivity (Wildman–Crippen MR) is 43.4 cm³/mol. The van der Waals surface area contributed by atoms with Gasteiger partial charge >= 0.3 is 0 Å². The number of aliphatic hydroxyl groups is 2. The normalized spacial score (nSPS) is 19.4. The first-order valence-electron chi connectivity index (χ1n) is 4.00. The van der Waals surface area contributed by atoms with Crippen LogP contribution in [0.2, 0.25) is 0 Å². The summed E-state index contributed by atoms with van der Waals surface area (Å²) in [5.41, 5.74) is -1.07. The highest BCUT2D eigenvalue weighted by molar-refractivity contribution is 4.83. The molecule has 0 saturated heterocycles. The lowest BCUT2D eigenvalue weighted by Gasteiger charge is -2.30. The summed E-state index contributed by atoms with van der Waals surface area (Å²) in [7, 11) is 1.52. The van der Waals surface area contributed by atoms with Gasteiger partial charge in [-0.25, -0.2) is 0 Å². The molecule has 0 heterocycles. The van der Waals surface area contributed by atoms with Crippen molar-refractivity contribution in [1.29, 1.82) is 0 Å². The minimum absolute atomic E-state index is 0.193. The van der Waals surface area contributed by atoms with E-state index in [9.17, 15) is 10.2 Å². The third-order valence-corrected chi connectivity index (χ3v) is 2.01. The van der Waals surface area contributed by atoms with Gasteiger partial charge in [-0.3, -0.25) is 0 Å². The molecule has 0 amide bonds. The molecule has 0 spiro atoms. The lowest BCUT2D eigenvalue weighted by atomic mass is 9.93. The van der Waals surface area contributed by atoms with Gasteiger partial charge in [0.25, 0.3) is 0 Å². The van der Waals surface area contributed by atoms with E-state index in [1.165, 1.54) is 7.11 Å². The maximum Gasteiger partial charge on any atom is 0.113 e. The van der Waals surface area contributed by atoms with E-state index in [1.54, 1.807) is 0 Å². The molecule has 0 aliphatic heterocycles. The van der Waals surface area contributed by atoms with Crippen molar-refractivity contribution >= 4 is 0 Å². The second-order valence-electron chi connectivity index (χ2n) is 2.81. The van der Waals surface area contributed by atoms with E-state index < -0.39 is 11.7 Å². The molecule has 11 heavy (non-hydrogen) atoms. The fourth-order valence-corrected chi connectivity index (χ4v) is 1.06. The molecule has 0 saturated carbocycles. The van der Waals surface area contributed by atoms with E-state index in [-0.39, 0.29) is 6.61 Å². The Balaban J connectivity index is 4.07. The Morgan fingerprint density at radius 1 is 1.45 bits per heavy atom. The van der Waals surface area contributed by atoms with Gasteiger partial charge in [0.1, 0.15) is 5.60 Å². The zero-order valence-electron chi connectivity index (χ0n) is 7.50. The lowest BCUT2D eigenvalue weighted by molar-refractivity contribution is -0.116. The largest absolute Gasteiger partial charge is 0.390 e. The van der Waals surface area contributed by atoms with Crippen LogP contribution in [-0.2, 0) is 4.74 Å². The number of hydrogen-bond donors (Lipinski definition) is 2. The molecule has 0 aromatic rings. The molecule has 2 N–H and O–H groups in total. The molecular weight excluding hydrogens is 144 g/mol. The van der Waals surface area contributed by atoms with Crippen LogP contribution in [0, 0.1) is 0 Å². The Labute approximate surface area is 68.0 Å². The van der Waals surface area contributed by atoms with Gasteiger partial charge in [-0.1, -0.05) is 13.8 Å². The van der Waals surface area contributed by atoms with Crippen molar-refractivity contribution in [2.24, 2.45) is 0 Å². The van der Waals surface area contributed by atoms with Crippen molar-refractivity contribution in [1.82, 2.24) is 0 Å². The molecule has 0 radical (unpaired) electrons. The fourth-order valence-electron chi connectivity index (χ4n) is 1.06. The maximum atomic E-state index is 9.71. The van der Waals surface area contributed by atoms with Gasteiger partial charge in [-0.05, 0) is 12.8 Å². The zero-order valence-corrected chi connectivity index (χ0v) is 7.50. The lowest BCUT2D eigenvalue weighted by Crippen LogP contribution is -2.45. The molecule has 68 valence electrons. The van der Waals surface area contributed by atoms with Crippen LogP contribution < -0.4 is 0 Å². The molecule has 0 aliphatic carbocycles. The fraction of sp³-hybridized carbons (Fsp3) is 1.00. The van der Waals surface area contributed by atoms with Crippen LogP contribution >= 0.6 is 0 Å². The number of hydrogen-bond acceptors (Lipinski definition) is 3. The van der Waals surface area contributed by atoms with Crippen LogP contribution in [-0.4, -0.2) is 35.6 Å². The summed E-state index contributed by atoms with van der Waals surface area (Å²) in [4.78, 5) is 0. The number of aliphatic hydroxyl groups excluding tert-OH is 1. The van der Waals surface area contributed by atoms with Gasteiger partial charge in [-0.2, -0.15) is 0 Å². The van der Waals surface area contributed by atoms with Crippen molar-refractivity contribution in [3.8, 4) is 0 Å². The van der Waals surface area contributed by atoms with Crippen molar-refractivity contribution in [3.05, 3.63) is 0 Å². The van der Waals surface area contributed by atoms with E-state index in [4.69, 9.17) is 4.74 Å². The van der Waals surface area contributed by atoms with E-state index in [0.717, 1.165) is 0 Å². The molecule has 2 atom stereocenters. The van der Waals surface area contributed by atoms with Crippen LogP contribution in [0.1, 0.15) is 26.7 Å². The van der Waals surface area contributed by atoms with Crippen molar-refractivity contribution in [2.45, 2.75) is 38.4 Å². The molecule has 0 rings (SSSR count). The van der Waals surface area contributed by atoms with Gasteiger partial charge in [-0.15, -0.1) is 0 Å². The highest BCUT2D eigenvalue weighted by atomic mass is 16.5. The summed E-state index contributed by atoms with van der Waals surface area (Å²) in [5.74, 6) is 0. The van der Waals surface area contributed by atoms with Crippen molar-refractivity contribution in [2.75, 3.05) is 13.7 Å². The maximum absolute atomic E-state index is 9.71. The molecule has 0 aliphatic rings. The van der Waals surface area contributed by atoms with Crippen molar-refractivity contribution < 1.29 is 14.9 Å². The first-order chi connectivity index (χ1) is 5.10. The summed E-state index contributed by atoms with van der Waals surface area (Å²) in [6, 6.07) is 0. The minimum atomic E-state index is -1.07. The summed E-state index contributed by atoms with van der Waals surface area (Å²) >= 11 is 0. The second kappa shape index (κ2) is 4.70. The molecule has 0 aromatic heterocycles. The summed E-state index contributed by atoms with van der Waals surface area (Å²) in [5, 5.41) is 19.1. The molecule has 0 bridgehead atoms. The van der Waals surface area contributed by atoms with Crippen LogP contribution in [0.25, 0.3) is 0 Å². The Hall–Kier alpha value is -0.120. The second-order valence-corrected chi connectivity index (χ2v) is 2.81. The SMILES string of the molecule is CCC(O)C(O)(CC)COC. The van der Waals surface area contributed by atoms with E-state index >= 15 is 0 Å². The standard InChI is InChI=1S/C8H18O3/c1-4-7(9)8(10,5-2)6-11-3/h7,9-10H,4-6H2,1-3H3. The minimum Gasteiger partial charge on any atom is -0.390 e. The Morgan fingerprint density at radius 3 is 2.27 bits per heavy atom. The van der Waals surface area contributed by atoms with Crippen LogP contribution in [0.15, 0.2) is 0 Å². The molecule has 0 aromatic carbocycles. The third kappa shape index (κ3) is 2.77. The zero-order chi connectivity index (χ0) is 8.91. The summed E-state index contributed by atoms with van der Waals surface area (Å²) < 4.78 is 4.81. The van der Waals surface area contributed by atoms with Crippen LogP contribution in [0.4, 0.5) is 0 Å². The van der Waals surface area contributed by atoms with Crippen LogP contribution in [0.5, 0.6) is 0 Å². The van der Waals surface area contributed by atoms with Gasteiger partial charge in [0.05, 0.1) is 12.7 Å². The average Bonchev–Trinajstić information content (AvgIpc) is 2.03. The smallest absolute Gasteiger partial charge is 0.113 e. The molecule has 3 heteroatoms. The van der Waals surface area contributed by atoms with Crippen LogP contribution in [0.3, 0.4) is 0 Å². The van der Waals surface area contributed by atoms with Crippen molar-refractivity contribution in [3.63, 3.8) is 0 Å². The summed E-state index contributed by atoms with van der Waals surface area (Å²) in [6.07, 6.45) is 0.372. The predicted octanol–water partition coefficient (Wildman–Crippen LogP) is 0.545. The first kappa shape index (κ1) is 10.9. The van der Waals surface area contributed by atoms with E-state index in [2.05, 4.69) is 0 Å². The monoisotopic (exact) mass is 162 g/mol. The number of ether oxygens (including phenoxy) is 1. The van der Waals surface area contributed by atoms with Gasteiger partial charge in [0.2, 0.25) is 0 Å². The quantitative estimate of drug-likeness (QED) is 0.620. The molecule has 0 fully saturated rings. The van der Waals surface area contributed by atoms with Gasteiger partial charge in [0.15, 0.2) is 0 Å². The Kier molecular flexibility index (Phi) is 4.65. The third-order valence-electron chi connectivity index (χ3n) is 2.01. The topological polar surface area (TPSA) is 49.7 Å². The Bertz CT molecular complexity index is 106. The highest BCUT2D eigenvalue weighted by Crippen LogP contribution is 2.17. The highest BCUT2D eigenvalue weighted by Gasteiger charge is 2.32. The molecule has 3 nitrogen and oxygen atoms in total. The first-order valence-corrected chi connectivity index (χ1v) is 4.00. The van der Waals surface area contributed by atoms with E-state index in [0.29, 0.717) is 12.8 Å². The number of rotatable bonds is 5. The van der Waals surface area contributed by atoms with E-state index in [1.807, 2.05) is 13.8 Å². The molecular formula is C8H18O3. The molecule has 2 unspecified atom stereocenters. The number of methoxy groups -OCH3 is 1. The van der Waals surface area contributed by atoms with Gasteiger partial charge < -0.3 is 14.9 Å². The average molecular weight is 162 g/mol. The van der Waals surface area contributed by atoms with Gasteiger partial charge in [0, 0.05) is 7.11 Å². The summed E-state index contributed by atoms with van der Waals surface area (Å²) in [6.45, 7) is 3.86. The Morgan fingerprint density at radius 2 is 2.00 bits per heavy atom.